The van der Waals surface area contributed by atoms with Crippen molar-refractivity contribution in [2.75, 3.05) is 4.90 Å². The van der Waals surface area contributed by atoms with Gasteiger partial charge in [-0.05, 0) is 128 Å². The van der Waals surface area contributed by atoms with Crippen LogP contribution in [0.1, 0.15) is 98.6 Å². The number of hydrogen-bond acceptors (Lipinski definition) is 3. The van der Waals surface area contributed by atoms with Crippen molar-refractivity contribution in [1.82, 2.24) is 9.97 Å². The van der Waals surface area contributed by atoms with Crippen molar-refractivity contribution in [3.63, 3.8) is 0 Å². The second-order valence-corrected chi connectivity index (χ2v) is 19.0. The number of allylic oxidation sites excluding steroid dienone is 8. The van der Waals surface area contributed by atoms with Crippen molar-refractivity contribution in [3.05, 3.63) is 173 Å². The molecule has 0 aliphatic heterocycles. The average molecular weight is 716 g/mol. The number of benzene rings is 3. The maximum absolute atomic E-state index is 5.49. The van der Waals surface area contributed by atoms with Gasteiger partial charge in [-0.25, -0.2) is 9.97 Å². The van der Waals surface area contributed by atoms with Gasteiger partial charge in [0.1, 0.15) is 11.6 Å². The van der Waals surface area contributed by atoms with E-state index in [0.29, 0.717) is 47.3 Å². The molecule has 0 saturated heterocycles. The minimum atomic E-state index is -0.0403. The normalized spacial score (nSPS) is 27.2. The Morgan fingerprint density at radius 3 is 1.25 bits per heavy atom. The maximum Gasteiger partial charge on any atom is 0.139 e. The van der Waals surface area contributed by atoms with Crippen LogP contribution < -0.4 is 4.90 Å². The highest BCUT2D eigenvalue weighted by atomic mass is 15.2. The fourth-order valence-corrected chi connectivity index (χ4v) is 10.1. The minimum absolute atomic E-state index is 0.0403. The molecule has 3 nitrogen and oxygen atoms in total. The maximum atomic E-state index is 5.49. The Morgan fingerprint density at radius 1 is 0.436 bits per heavy atom. The second-order valence-electron chi connectivity index (χ2n) is 19.0. The molecule has 3 aromatic carbocycles. The molecule has 0 N–H and O–H groups in total. The van der Waals surface area contributed by atoms with Crippen LogP contribution in [0.15, 0.2) is 140 Å². The van der Waals surface area contributed by atoms with Gasteiger partial charge in [-0.3, -0.25) is 4.90 Å². The summed E-state index contributed by atoms with van der Waals surface area (Å²) >= 11 is 0. The highest BCUT2D eigenvalue weighted by Crippen LogP contribution is 2.62. The SMILES string of the molecule is CC(C)(C)c1cc(N(c2cccc(-c3ccc4c(c3)C3C=CC5C(C=C3)C45)n2)c2cccc(-c3ccc4c(c3)C3C=CC5C(C=C3)C45)n2)cc(C(C)(C)C)c1. The van der Waals surface area contributed by atoms with E-state index in [9.17, 15) is 0 Å². The number of pyridine rings is 2. The van der Waals surface area contributed by atoms with Gasteiger partial charge >= 0.3 is 0 Å². The quantitative estimate of drug-likeness (QED) is 0.170. The lowest BCUT2D eigenvalue weighted by atomic mass is 9.80. The topological polar surface area (TPSA) is 29.0 Å². The fraction of sp³-hybridized carbons (Fsp3) is 0.308. The Kier molecular flexibility index (Phi) is 6.99. The molecule has 8 aliphatic carbocycles. The van der Waals surface area contributed by atoms with Gasteiger partial charge in [0.05, 0.1) is 11.4 Å². The third-order valence-corrected chi connectivity index (χ3v) is 13.5. The highest BCUT2D eigenvalue weighted by Gasteiger charge is 2.52. The summed E-state index contributed by atoms with van der Waals surface area (Å²) in [5.41, 5.74) is 13.8. The van der Waals surface area contributed by atoms with Gasteiger partial charge in [0.2, 0.25) is 0 Å². The van der Waals surface area contributed by atoms with Crippen LogP contribution in [0.4, 0.5) is 17.3 Å². The van der Waals surface area contributed by atoms with Crippen LogP contribution in [-0.2, 0) is 10.8 Å². The standard InChI is InChI=1S/C52H49N3/c1-51(2,3)34-27-35(52(4,5)6)29-36(28-34)55(47-11-7-9-45(53-47)32-17-23-41-43(25-32)30-13-19-37-38(20-14-30)49(37)41)48-12-8-10-46(54-48)33-18-24-42-44(26-33)31-15-21-39-40(22-16-31)50(39)42/h7-31,37-40,49-50H,1-6H3. The van der Waals surface area contributed by atoms with E-state index >= 15 is 0 Å². The molecule has 13 rings (SSSR count). The van der Waals surface area contributed by atoms with E-state index < -0.39 is 0 Å². The first kappa shape index (κ1) is 33.1. The van der Waals surface area contributed by atoms with E-state index in [-0.39, 0.29) is 10.8 Å². The monoisotopic (exact) mass is 715 g/mol. The molecule has 55 heavy (non-hydrogen) atoms. The molecule has 0 amide bonds. The van der Waals surface area contributed by atoms with Crippen LogP contribution in [0.3, 0.4) is 0 Å². The van der Waals surface area contributed by atoms with Crippen LogP contribution in [0.5, 0.6) is 0 Å². The van der Waals surface area contributed by atoms with Crippen LogP contribution in [0.2, 0.25) is 0 Å². The Balaban J connectivity index is 1.05. The number of hydrogen-bond donors (Lipinski definition) is 0. The lowest BCUT2D eigenvalue weighted by Crippen LogP contribution is -2.20. The molecule has 0 radical (unpaired) electrons. The Labute approximate surface area is 326 Å². The first-order valence-corrected chi connectivity index (χ1v) is 20.4. The predicted octanol–water partition coefficient (Wildman–Crippen LogP) is 13.0. The van der Waals surface area contributed by atoms with Gasteiger partial charge in [-0.15, -0.1) is 0 Å². The zero-order valence-electron chi connectivity index (χ0n) is 32.7. The Hall–Kier alpha value is -5.28. The van der Waals surface area contributed by atoms with Crippen molar-refractivity contribution < 1.29 is 0 Å². The van der Waals surface area contributed by atoms with Crippen LogP contribution in [0.25, 0.3) is 22.5 Å². The van der Waals surface area contributed by atoms with Crippen LogP contribution in [-0.4, -0.2) is 9.97 Å². The smallest absolute Gasteiger partial charge is 0.139 e. The molecule has 5 aromatic rings. The van der Waals surface area contributed by atoms with E-state index in [2.05, 4.69) is 186 Å². The summed E-state index contributed by atoms with van der Waals surface area (Å²) in [5.74, 6) is 6.27. The summed E-state index contributed by atoms with van der Waals surface area (Å²) < 4.78 is 0. The zero-order chi connectivity index (χ0) is 37.4. The predicted molar refractivity (Wildman–Crippen MR) is 226 cm³/mol. The molecular formula is C52H49N3. The van der Waals surface area contributed by atoms with E-state index in [4.69, 9.17) is 9.97 Å². The van der Waals surface area contributed by atoms with Gasteiger partial charge in [0.25, 0.3) is 0 Å². The number of anilines is 3. The number of nitrogens with zero attached hydrogens (tertiary/aromatic N) is 3. The summed E-state index contributed by atoms with van der Waals surface area (Å²) in [4.78, 5) is 13.3. The molecule has 3 heteroatoms. The first-order valence-electron chi connectivity index (χ1n) is 20.4. The lowest BCUT2D eigenvalue weighted by Gasteiger charge is -2.30. The first-order chi connectivity index (χ1) is 26.5. The van der Waals surface area contributed by atoms with E-state index in [0.717, 1.165) is 39.8 Å². The molecule has 4 atom stereocenters. The summed E-state index contributed by atoms with van der Waals surface area (Å²) in [6.07, 6.45) is 19.5. The Morgan fingerprint density at radius 2 is 0.855 bits per heavy atom. The van der Waals surface area contributed by atoms with Gasteiger partial charge < -0.3 is 0 Å². The van der Waals surface area contributed by atoms with Crippen LogP contribution in [0, 0.1) is 23.7 Å². The fourth-order valence-electron chi connectivity index (χ4n) is 10.1. The van der Waals surface area contributed by atoms with E-state index in [1.165, 1.54) is 33.4 Å². The molecule has 8 aliphatic rings. The third kappa shape index (κ3) is 5.37. The molecule has 2 aromatic heterocycles. The van der Waals surface area contributed by atoms with Crippen molar-refractivity contribution >= 4 is 17.3 Å². The molecule has 2 fully saturated rings. The number of rotatable bonds is 5. The minimum Gasteiger partial charge on any atom is -0.279 e. The van der Waals surface area contributed by atoms with Gasteiger partial charge in [0, 0.05) is 28.7 Å². The molecule has 4 unspecified atom stereocenters. The van der Waals surface area contributed by atoms with Gasteiger partial charge in [-0.2, -0.15) is 0 Å². The van der Waals surface area contributed by atoms with Crippen molar-refractivity contribution in [2.24, 2.45) is 23.7 Å². The summed E-state index contributed by atoms with van der Waals surface area (Å²) in [6.45, 7) is 13.8. The molecule has 2 heterocycles. The zero-order valence-corrected chi connectivity index (χ0v) is 32.7. The average Bonchev–Trinajstić information content (AvgIpc) is 4.07. The largest absolute Gasteiger partial charge is 0.279 e. The molecule has 0 spiro atoms. The van der Waals surface area contributed by atoms with E-state index in [1.807, 2.05) is 0 Å². The van der Waals surface area contributed by atoms with Gasteiger partial charge in [-0.1, -0.05) is 133 Å². The van der Waals surface area contributed by atoms with Crippen LogP contribution >= 0.6 is 0 Å². The summed E-state index contributed by atoms with van der Waals surface area (Å²) in [7, 11) is 0. The molecule has 2 saturated carbocycles. The van der Waals surface area contributed by atoms with E-state index in [1.54, 1.807) is 0 Å². The van der Waals surface area contributed by atoms with Crippen molar-refractivity contribution in [3.8, 4) is 22.5 Å². The lowest BCUT2D eigenvalue weighted by molar-refractivity contribution is 0.568. The summed E-state index contributed by atoms with van der Waals surface area (Å²) in [5, 5.41) is 0. The highest BCUT2D eigenvalue weighted by molar-refractivity contribution is 5.77. The summed E-state index contributed by atoms with van der Waals surface area (Å²) in [6, 6.07) is 34.2. The second kappa shape index (κ2) is 11.6. The molecular weight excluding hydrogens is 667 g/mol. The van der Waals surface area contributed by atoms with Gasteiger partial charge in [0.15, 0.2) is 0 Å². The van der Waals surface area contributed by atoms with Crippen molar-refractivity contribution in [2.45, 2.75) is 76.0 Å². The molecule has 8 bridgehead atoms. The third-order valence-electron chi connectivity index (χ3n) is 13.5. The number of aromatic nitrogens is 2. The van der Waals surface area contributed by atoms with Crippen molar-refractivity contribution in [1.29, 1.82) is 0 Å². The molecule has 272 valence electrons. The Bertz CT molecular complexity index is 2320.